The second-order valence-corrected chi connectivity index (χ2v) is 17.9. The average Bonchev–Trinajstić information content (AvgIpc) is 3.13. The maximum absolute atomic E-state index is 15.1. The van der Waals surface area contributed by atoms with E-state index in [-0.39, 0.29) is 40.6 Å². The molecule has 1 amide bonds. The lowest BCUT2D eigenvalue weighted by molar-refractivity contribution is -0.143. The summed E-state index contributed by atoms with van der Waals surface area (Å²) in [5, 5.41) is 0. The Bertz CT molecular complexity index is 2210. The van der Waals surface area contributed by atoms with Crippen LogP contribution in [-0.2, 0) is 57.5 Å². The van der Waals surface area contributed by atoms with E-state index < -0.39 is 130 Å². The summed E-state index contributed by atoms with van der Waals surface area (Å²) in [5.41, 5.74) is -8.54. The number of nitrogens with zero attached hydrogens (tertiary/aromatic N) is 1. The fraction of sp³-hybridized carbons (Fsp3) is 0.474. The van der Waals surface area contributed by atoms with Crippen LogP contribution in [0, 0.1) is 5.82 Å². The van der Waals surface area contributed by atoms with Crippen molar-refractivity contribution in [1.82, 2.24) is 4.90 Å². The number of alkyl halides is 9. The third-order valence-corrected chi connectivity index (χ3v) is 9.81. The molecule has 3 rings (SSSR count). The van der Waals surface area contributed by atoms with E-state index in [0.29, 0.717) is 17.0 Å². The van der Waals surface area contributed by atoms with Gasteiger partial charge in [-0.1, -0.05) is 19.9 Å². The number of carbonyl (C=O) groups excluding carboxylic acids is 2. The van der Waals surface area contributed by atoms with Crippen LogP contribution in [0.3, 0.4) is 0 Å². The molecule has 0 radical (unpaired) electrons. The van der Waals surface area contributed by atoms with E-state index in [1.165, 1.54) is 26.8 Å². The van der Waals surface area contributed by atoms with Gasteiger partial charge in [-0.25, -0.2) is 23.1 Å². The van der Waals surface area contributed by atoms with Gasteiger partial charge in [0.1, 0.15) is 17.2 Å². The Hall–Kier alpha value is -4.48. The Balaban J connectivity index is 2.41. The predicted molar refractivity (Wildman–Crippen MR) is 205 cm³/mol. The van der Waals surface area contributed by atoms with Crippen molar-refractivity contribution in [3.63, 3.8) is 0 Å². The number of benzene rings is 3. The molecule has 0 aliphatic rings. The molecule has 0 heterocycles. The smallest absolute Gasteiger partial charge is 0.496 e. The summed E-state index contributed by atoms with van der Waals surface area (Å²) in [6, 6.07) is 2.04. The maximum atomic E-state index is 15.1. The zero-order valence-electron chi connectivity index (χ0n) is 35.0. The van der Waals surface area contributed by atoms with E-state index in [1.54, 1.807) is 13.8 Å². The van der Waals surface area contributed by atoms with E-state index >= 15 is 4.39 Å². The molecule has 0 aromatic heterocycles. The highest BCUT2D eigenvalue weighted by molar-refractivity contribution is 7.46. The van der Waals surface area contributed by atoms with E-state index in [1.807, 2.05) is 0 Å². The van der Waals surface area contributed by atoms with Crippen LogP contribution in [-0.4, -0.2) is 74.8 Å². The van der Waals surface area contributed by atoms with Gasteiger partial charge in [0.2, 0.25) is 0 Å². The normalized spacial score (nSPS) is 14.0. The van der Waals surface area contributed by atoms with Crippen molar-refractivity contribution in [2.75, 3.05) is 20.3 Å². The number of hydrogen-bond acceptors (Lipinski definition) is 10. The van der Waals surface area contributed by atoms with Gasteiger partial charge < -0.3 is 38.5 Å². The van der Waals surface area contributed by atoms with Crippen molar-refractivity contribution in [2.45, 2.75) is 96.4 Å². The third kappa shape index (κ3) is 16.4. The van der Waals surface area contributed by atoms with Crippen LogP contribution in [0.15, 0.2) is 48.5 Å². The first-order chi connectivity index (χ1) is 29.4. The SMILES string of the molecule is COc1cc(F)c(C(C)C)cc1-c1ccc(C(F)(F)F)cc1CN(C(=O)OC(C)(C)C)C(C)C(OC(=O)OC(COP(=O)(O)O)COP(=O)(O)O)c1cc(C(F)(F)F)cc(C(F)(F)F)c1. The first-order valence-corrected chi connectivity index (χ1v) is 21.6. The van der Waals surface area contributed by atoms with Crippen LogP contribution in [0.25, 0.3) is 11.1 Å². The summed E-state index contributed by atoms with van der Waals surface area (Å²) < 4.78 is 195. The molecule has 2 unspecified atom stereocenters. The van der Waals surface area contributed by atoms with E-state index in [0.717, 1.165) is 26.2 Å². The van der Waals surface area contributed by atoms with Gasteiger partial charge in [0, 0.05) is 11.6 Å². The molecule has 0 bridgehead atoms. The van der Waals surface area contributed by atoms with Gasteiger partial charge in [-0.05, 0) is 92.3 Å². The number of halogens is 10. The number of methoxy groups -OCH3 is 1. The topological polar surface area (TPSA) is 208 Å². The molecule has 65 heavy (non-hydrogen) atoms. The van der Waals surface area contributed by atoms with Crippen molar-refractivity contribution in [2.24, 2.45) is 0 Å². The van der Waals surface area contributed by atoms with Crippen LogP contribution in [0.1, 0.15) is 86.9 Å². The average molecular weight is 990 g/mol. The summed E-state index contributed by atoms with van der Waals surface area (Å²) >= 11 is 0. The van der Waals surface area contributed by atoms with Crippen molar-refractivity contribution < 1.29 is 110 Å². The van der Waals surface area contributed by atoms with E-state index in [4.69, 9.17) is 38.5 Å². The molecule has 0 saturated carbocycles. The molecular formula is C38H43F10NO14P2. The lowest BCUT2D eigenvalue weighted by atomic mass is 9.91. The summed E-state index contributed by atoms with van der Waals surface area (Å²) in [5.74, 6) is -1.51. The predicted octanol–water partition coefficient (Wildman–Crippen LogP) is 10.3. The minimum atomic E-state index is -5.53. The highest BCUT2D eigenvalue weighted by atomic mass is 31.2. The van der Waals surface area contributed by atoms with Gasteiger partial charge in [-0.3, -0.25) is 13.9 Å². The molecule has 3 aromatic rings. The van der Waals surface area contributed by atoms with Gasteiger partial charge in [-0.15, -0.1) is 0 Å². The Morgan fingerprint density at radius 3 is 1.65 bits per heavy atom. The Kier molecular flexibility index (Phi) is 17.4. The molecule has 2 atom stereocenters. The zero-order valence-corrected chi connectivity index (χ0v) is 36.8. The molecule has 15 nitrogen and oxygen atoms in total. The third-order valence-electron chi connectivity index (χ3n) is 8.84. The molecule has 0 aliphatic heterocycles. The fourth-order valence-corrected chi connectivity index (χ4v) is 6.65. The standard InChI is InChI=1S/C38H43F10NO14P2/c1-19(2)28-14-29(31(58-7)15-30(28)39)27-9-8-23(36(40,41)42)12-22(27)16-49(33(50)63-35(4,5)6)20(3)32(21-10-24(37(43,44)45)13-25(11-21)38(46,47)48)62-34(51)61-26(17-59-64(52,53)54)18-60-65(55,56)57/h8-15,19-20,26,32H,16-18H2,1-7H3,(H2,52,53,54)(H2,55,56,57). The summed E-state index contributed by atoms with van der Waals surface area (Å²) in [6.45, 7) is 4.08. The molecule has 3 aromatic carbocycles. The van der Waals surface area contributed by atoms with E-state index in [9.17, 15) is 58.2 Å². The molecule has 0 fully saturated rings. The summed E-state index contributed by atoms with van der Waals surface area (Å²) in [4.78, 5) is 64.6. The zero-order chi connectivity index (χ0) is 49.8. The van der Waals surface area contributed by atoms with Crippen molar-refractivity contribution >= 4 is 27.9 Å². The van der Waals surface area contributed by atoms with Crippen LogP contribution in [0.5, 0.6) is 5.75 Å². The van der Waals surface area contributed by atoms with Crippen LogP contribution in [0.2, 0.25) is 0 Å². The second kappa shape index (κ2) is 20.6. The van der Waals surface area contributed by atoms with Gasteiger partial charge in [0.05, 0.1) is 49.6 Å². The summed E-state index contributed by atoms with van der Waals surface area (Å²) in [7, 11) is -9.78. The number of carbonyl (C=O) groups is 2. The molecule has 364 valence electrons. The first-order valence-electron chi connectivity index (χ1n) is 18.5. The Morgan fingerprint density at radius 2 is 1.22 bits per heavy atom. The van der Waals surface area contributed by atoms with Crippen LogP contribution >= 0.6 is 15.6 Å². The molecule has 0 spiro atoms. The highest BCUT2D eigenvalue weighted by Crippen LogP contribution is 2.43. The number of phosphoric acid groups is 2. The number of amides is 1. The lowest BCUT2D eigenvalue weighted by Gasteiger charge is -2.36. The fourth-order valence-electron chi connectivity index (χ4n) is 5.93. The van der Waals surface area contributed by atoms with Crippen molar-refractivity contribution in [1.29, 1.82) is 0 Å². The minimum Gasteiger partial charge on any atom is -0.496 e. The van der Waals surface area contributed by atoms with Gasteiger partial charge in [0.15, 0.2) is 12.2 Å². The molecule has 0 saturated heterocycles. The first kappa shape index (κ1) is 54.9. The van der Waals surface area contributed by atoms with Crippen molar-refractivity contribution in [3.8, 4) is 16.9 Å². The number of phosphoric ester groups is 2. The number of hydrogen-bond donors (Lipinski definition) is 4. The summed E-state index contributed by atoms with van der Waals surface area (Å²) in [6.07, 6.45) is -24.6. The number of ether oxygens (including phenoxy) is 4. The van der Waals surface area contributed by atoms with Crippen LogP contribution in [0.4, 0.5) is 53.5 Å². The van der Waals surface area contributed by atoms with E-state index in [2.05, 4.69) is 9.05 Å². The monoisotopic (exact) mass is 989 g/mol. The minimum absolute atomic E-state index is 0.0386. The molecule has 27 heteroatoms. The quantitative estimate of drug-likeness (QED) is 0.0598. The van der Waals surface area contributed by atoms with Crippen molar-refractivity contribution in [3.05, 3.63) is 87.7 Å². The van der Waals surface area contributed by atoms with Crippen LogP contribution < -0.4 is 4.74 Å². The molecular weight excluding hydrogens is 946 g/mol. The van der Waals surface area contributed by atoms with Gasteiger partial charge >= 0.3 is 46.4 Å². The Labute approximate surface area is 364 Å². The maximum Gasteiger partial charge on any atom is 0.509 e. The molecule has 0 aliphatic carbocycles. The number of rotatable bonds is 16. The Morgan fingerprint density at radius 1 is 0.708 bits per heavy atom. The van der Waals surface area contributed by atoms with Gasteiger partial charge in [0.25, 0.3) is 0 Å². The molecule has 4 N–H and O–H groups in total. The highest BCUT2D eigenvalue weighted by Gasteiger charge is 2.42. The second-order valence-electron chi connectivity index (χ2n) is 15.4. The lowest BCUT2D eigenvalue weighted by Crippen LogP contribution is -2.45. The largest absolute Gasteiger partial charge is 0.509 e. The van der Waals surface area contributed by atoms with Gasteiger partial charge in [-0.2, -0.15) is 39.5 Å².